The van der Waals surface area contributed by atoms with Gasteiger partial charge in [0.25, 0.3) is 0 Å². The smallest absolute Gasteiger partial charge is 0.327 e. The molecule has 3 rings (SSSR count). The van der Waals surface area contributed by atoms with Gasteiger partial charge in [0.05, 0.1) is 12.7 Å². The summed E-state index contributed by atoms with van der Waals surface area (Å²) in [6, 6.07) is 19.8. The van der Waals surface area contributed by atoms with Crippen molar-refractivity contribution < 1.29 is 14.3 Å². The summed E-state index contributed by atoms with van der Waals surface area (Å²) in [5.41, 5.74) is 1.40. The maximum atomic E-state index is 12.9. The van der Waals surface area contributed by atoms with Gasteiger partial charge in [-0.15, -0.1) is 0 Å². The van der Waals surface area contributed by atoms with Gasteiger partial charge in [-0.3, -0.25) is 10.1 Å². The van der Waals surface area contributed by atoms with E-state index in [1.807, 2.05) is 79.7 Å². The second-order valence-electron chi connectivity index (χ2n) is 6.92. The summed E-state index contributed by atoms with van der Waals surface area (Å²) in [5.74, 6) is -0.213. The lowest BCUT2D eigenvalue weighted by molar-refractivity contribution is -0.152. The van der Waals surface area contributed by atoms with E-state index in [0.717, 1.165) is 11.1 Å². The number of hydrogen-bond acceptors (Lipinski definition) is 4. The third-order valence-corrected chi connectivity index (χ3v) is 4.88. The lowest BCUT2D eigenvalue weighted by Gasteiger charge is -2.26. The van der Waals surface area contributed by atoms with Gasteiger partial charge in [-0.1, -0.05) is 72.8 Å². The van der Waals surface area contributed by atoms with Crippen molar-refractivity contribution >= 4 is 5.97 Å². The molecule has 0 aliphatic carbocycles. The Bertz CT molecular complexity index is 745. The van der Waals surface area contributed by atoms with E-state index in [4.69, 9.17) is 9.47 Å². The SMILES string of the molecule is C/C=C/CC1(C(=O)OCc2ccccc2)CC(OCc2ccccc2)CN1. The number of hydrogen-bond donors (Lipinski definition) is 1. The first-order valence-electron chi connectivity index (χ1n) is 9.45. The molecule has 1 aliphatic heterocycles. The van der Waals surface area contributed by atoms with Crippen molar-refractivity contribution in [2.45, 2.75) is 44.6 Å². The van der Waals surface area contributed by atoms with Gasteiger partial charge in [0.2, 0.25) is 0 Å². The van der Waals surface area contributed by atoms with E-state index < -0.39 is 5.54 Å². The van der Waals surface area contributed by atoms with Gasteiger partial charge >= 0.3 is 5.97 Å². The van der Waals surface area contributed by atoms with Crippen LogP contribution < -0.4 is 5.32 Å². The fraction of sp³-hybridized carbons (Fsp3) is 0.348. The molecule has 0 aromatic heterocycles. The standard InChI is InChI=1S/C23H27NO3/c1-2-3-14-23(22(25)27-18-20-12-8-5-9-13-20)15-21(16-24-23)26-17-19-10-6-4-7-11-19/h2-13,21,24H,14-18H2,1H3/b3-2+. The number of allylic oxidation sites excluding steroid dienone is 1. The molecule has 1 saturated heterocycles. The summed E-state index contributed by atoms with van der Waals surface area (Å²) in [5, 5.41) is 3.38. The van der Waals surface area contributed by atoms with Crippen LogP contribution in [-0.4, -0.2) is 24.2 Å². The van der Waals surface area contributed by atoms with Crippen molar-refractivity contribution in [3.8, 4) is 0 Å². The van der Waals surface area contributed by atoms with Crippen LogP contribution in [0.4, 0.5) is 0 Å². The molecule has 2 aromatic rings. The first kappa shape index (κ1) is 19.3. The Morgan fingerprint density at radius 1 is 1.07 bits per heavy atom. The zero-order valence-corrected chi connectivity index (χ0v) is 15.8. The normalized spacial score (nSPS) is 22.2. The first-order valence-corrected chi connectivity index (χ1v) is 9.45. The molecule has 142 valence electrons. The molecule has 1 aliphatic rings. The minimum atomic E-state index is -0.720. The second kappa shape index (κ2) is 9.49. The molecule has 0 spiro atoms. The van der Waals surface area contributed by atoms with E-state index in [-0.39, 0.29) is 18.7 Å². The zero-order chi connectivity index (χ0) is 19.0. The van der Waals surface area contributed by atoms with Gasteiger partial charge in [0.1, 0.15) is 12.1 Å². The Balaban J connectivity index is 1.59. The highest BCUT2D eigenvalue weighted by Crippen LogP contribution is 2.28. The van der Waals surface area contributed by atoms with Gasteiger partial charge in [-0.05, 0) is 24.5 Å². The van der Waals surface area contributed by atoms with E-state index in [1.165, 1.54) is 0 Å². The quantitative estimate of drug-likeness (QED) is 0.567. The number of nitrogens with one attached hydrogen (secondary N) is 1. The maximum absolute atomic E-state index is 12.9. The minimum Gasteiger partial charge on any atom is -0.459 e. The van der Waals surface area contributed by atoms with Crippen LogP contribution in [0.3, 0.4) is 0 Å². The Kier molecular flexibility index (Phi) is 6.80. The monoisotopic (exact) mass is 365 g/mol. The van der Waals surface area contributed by atoms with Crippen LogP contribution >= 0.6 is 0 Å². The summed E-state index contributed by atoms with van der Waals surface area (Å²) >= 11 is 0. The predicted octanol–water partition coefficient (Wildman–Crippen LogP) is 4.01. The number of carbonyl (C=O) groups is 1. The molecule has 1 fully saturated rings. The summed E-state index contributed by atoms with van der Waals surface area (Å²) in [4.78, 5) is 12.9. The van der Waals surface area contributed by atoms with Crippen LogP contribution in [0, 0.1) is 0 Å². The molecule has 1 heterocycles. The van der Waals surface area contributed by atoms with Crippen molar-refractivity contribution in [3.05, 3.63) is 83.9 Å². The predicted molar refractivity (Wildman–Crippen MR) is 106 cm³/mol. The van der Waals surface area contributed by atoms with Crippen LogP contribution in [-0.2, 0) is 27.5 Å². The highest BCUT2D eigenvalue weighted by Gasteiger charge is 2.46. The van der Waals surface area contributed by atoms with E-state index >= 15 is 0 Å². The lowest BCUT2D eigenvalue weighted by Crippen LogP contribution is -2.48. The van der Waals surface area contributed by atoms with Gasteiger partial charge in [-0.25, -0.2) is 0 Å². The van der Waals surface area contributed by atoms with Crippen LogP contribution in [0.2, 0.25) is 0 Å². The fourth-order valence-electron chi connectivity index (χ4n) is 3.32. The van der Waals surface area contributed by atoms with Crippen LogP contribution in [0.25, 0.3) is 0 Å². The number of benzene rings is 2. The molecule has 4 heteroatoms. The second-order valence-corrected chi connectivity index (χ2v) is 6.92. The topological polar surface area (TPSA) is 47.6 Å². The van der Waals surface area contributed by atoms with Crippen molar-refractivity contribution in [3.63, 3.8) is 0 Å². The van der Waals surface area contributed by atoms with Crippen molar-refractivity contribution in [2.24, 2.45) is 0 Å². The van der Waals surface area contributed by atoms with Gasteiger partial charge in [-0.2, -0.15) is 0 Å². The van der Waals surface area contributed by atoms with E-state index in [0.29, 0.717) is 26.0 Å². The van der Waals surface area contributed by atoms with Crippen molar-refractivity contribution in [1.29, 1.82) is 0 Å². The van der Waals surface area contributed by atoms with Crippen LogP contribution in [0.5, 0.6) is 0 Å². The summed E-state index contributed by atoms with van der Waals surface area (Å²) in [6.07, 6.45) is 5.17. The third-order valence-electron chi connectivity index (χ3n) is 4.88. The Morgan fingerprint density at radius 2 is 1.70 bits per heavy atom. The molecule has 0 bridgehead atoms. The molecule has 2 aromatic carbocycles. The van der Waals surface area contributed by atoms with Gasteiger partial charge in [0.15, 0.2) is 0 Å². The number of rotatable bonds is 8. The highest BCUT2D eigenvalue weighted by molar-refractivity contribution is 5.81. The molecule has 0 radical (unpaired) electrons. The third kappa shape index (κ3) is 5.28. The van der Waals surface area contributed by atoms with Crippen LogP contribution in [0.15, 0.2) is 72.8 Å². The van der Waals surface area contributed by atoms with Crippen LogP contribution in [0.1, 0.15) is 30.9 Å². The van der Waals surface area contributed by atoms with E-state index in [1.54, 1.807) is 0 Å². The molecule has 1 N–H and O–H groups in total. The van der Waals surface area contributed by atoms with E-state index in [2.05, 4.69) is 5.32 Å². The lowest BCUT2D eigenvalue weighted by atomic mass is 9.92. The summed E-state index contributed by atoms with van der Waals surface area (Å²) in [7, 11) is 0. The molecular weight excluding hydrogens is 338 g/mol. The average molecular weight is 365 g/mol. The summed E-state index contributed by atoms with van der Waals surface area (Å²) in [6.45, 7) is 3.44. The Morgan fingerprint density at radius 3 is 2.33 bits per heavy atom. The van der Waals surface area contributed by atoms with Gasteiger partial charge in [0, 0.05) is 13.0 Å². The molecule has 27 heavy (non-hydrogen) atoms. The fourth-order valence-corrected chi connectivity index (χ4v) is 3.32. The largest absolute Gasteiger partial charge is 0.459 e. The highest BCUT2D eigenvalue weighted by atomic mass is 16.5. The number of carbonyl (C=O) groups excluding carboxylic acids is 1. The molecule has 2 atom stereocenters. The zero-order valence-electron chi connectivity index (χ0n) is 15.8. The number of esters is 1. The maximum Gasteiger partial charge on any atom is 0.327 e. The summed E-state index contributed by atoms with van der Waals surface area (Å²) < 4.78 is 11.7. The minimum absolute atomic E-state index is 0.0141. The molecule has 2 unspecified atom stereocenters. The Hall–Kier alpha value is -2.43. The molecule has 4 nitrogen and oxygen atoms in total. The molecule has 0 amide bonds. The Labute approximate surface area is 161 Å². The average Bonchev–Trinajstić information content (AvgIpc) is 3.15. The molecular formula is C23H27NO3. The van der Waals surface area contributed by atoms with Crippen molar-refractivity contribution in [1.82, 2.24) is 5.32 Å². The number of ether oxygens (including phenoxy) is 2. The van der Waals surface area contributed by atoms with E-state index in [9.17, 15) is 4.79 Å². The first-order chi connectivity index (χ1) is 13.2. The van der Waals surface area contributed by atoms with Crippen molar-refractivity contribution in [2.75, 3.05) is 6.54 Å². The van der Waals surface area contributed by atoms with Gasteiger partial charge < -0.3 is 9.47 Å². The molecule has 0 saturated carbocycles.